The van der Waals surface area contributed by atoms with Crippen molar-refractivity contribution >= 4 is 5.97 Å². The van der Waals surface area contributed by atoms with Crippen LogP contribution in [0.4, 0.5) is 0 Å². The van der Waals surface area contributed by atoms with E-state index in [2.05, 4.69) is 4.90 Å². The predicted molar refractivity (Wildman–Crippen MR) is 61.6 cm³/mol. The lowest BCUT2D eigenvalue weighted by Crippen LogP contribution is -2.31. The molecular formula is C11H21NO4. The summed E-state index contributed by atoms with van der Waals surface area (Å²) in [5.41, 5.74) is 0.361. The van der Waals surface area contributed by atoms with E-state index in [0.29, 0.717) is 25.3 Å². The Morgan fingerprint density at radius 2 is 1.75 bits per heavy atom. The number of ether oxygens (including phenoxy) is 2. The van der Waals surface area contributed by atoms with Crippen LogP contribution in [0, 0.1) is 0 Å². The normalized spacial score (nSPS) is 12.1. The van der Waals surface area contributed by atoms with Crippen LogP contribution in [-0.4, -0.2) is 63.0 Å². The van der Waals surface area contributed by atoms with Crippen molar-refractivity contribution in [3.05, 3.63) is 11.6 Å². The van der Waals surface area contributed by atoms with Crippen LogP contribution < -0.4 is 0 Å². The van der Waals surface area contributed by atoms with Crippen LogP contribution in [0.3, 0.4) is 0 Å². The lowest BCUT2D eigenvalue weighted by molar-refractivity contribution is -0.132. The summed E-state index contributed by atoms with van der Waals surface area (Å²) in [6.45, 7) is 4.98. The van der Waals surface area contributed by atoms with E-state index in [9.17, 15) is 4.79 Å². The zero-order valence-corrected chi connectivity index (χ0v) is 10.2. The number of hydrogen-bond donors (Lipinski definition) is 1. The molecule has 0 fully saturated rings. The SMILES string of the molecule is COCCN(CC=C(C)C(=O)O)CCOC. The van der Waals surface area contributed by atoms with Crippen LogP contribution >= 0.6 is 0 Å². The summed E-state index contributed by atoms with van der Waals surface area (Å²) in [6, 6.07) is 0. The lowest BCUT2D eigenvalue weighted by Gasteiger charge is -2.19. The largest absolute Gasteiger partial charge is 0.478 e. The van der Waals surface area contributed by atoms with E-state index in [0.717, 1.165) is 13.1 Å². The van der Waals surface area contributed by atoms with Gasteiger partial charge in [0, 0.05) is 39.4 Å². The molecule has 0 aliphatic heterocycles. The van der Waals surface area contributed by atoms with Crippen molar-refractivity contribution in [3.63, 3.8) is 0 Å². The van der Waals surface area contributed by atoms with E-state index < -0.39 is 5.97 Å². The number of hydrogen-bond acceptors (Lipinski definition) is 4. The van der Waals surface area contributed by atoms with E-state index in [-0.39, 0.29) is 0 Å². The van der Waals surface area contributed by atoms with E-state index in [1.165, 1.54) is 0 Å². The molecule has 0 aromatic rings. The first-order valence-electron chi connectivity index (χ1n) is 5.22. The number of aliphatic carboxylic acids is 1. The summed E-state index contributed by atoms with van der Waals surface area (Å²) in [6.07, 6.45) is 1.70. The number of rotatable bonds is 9. The third-order valence-corrected chi connectivity index (χ3v) is 2.22. The average molecular weight is 231 g/mol. The Morgan fingerprint density at radius 3 is 2.12 bits per heavy atom. The van der Waals surface area contributed by atoms with Gasteiger partial charge in [-0.3, -0.25) is 4.90 Å². The molecule has 0 radical (unpaired) electrons. The van der Waals surface area contributed by atoms with Crippen molar-refractivity contribution in [3.8, 4) is 0 Å². The van der Waals surface area contributed by atoms with Gasteiger partial charge >= 0.3 is 5.97 Å². The molecule has 0 rings (SSSR count). The first-order valence-corrected chi connectivity index (χ1v) is 5.22. The number of methoxy groups -OCH3 is 2. The van der Waals surface area contributed by atoms with Crippen molar-refractivity contribution in [1.29, 1.82) is 0 Å². The van der Waals surface area contributed by atoms with Gasteiger partial charge < -0.3 is 14.6 Å². The first-order chi connectivity index (χ1) is 7.61. The number of carboxylic acid groups (broad SMARTS) is 1. The van der Waals surface area contributed by atoms with Gasteiger partial charge in [0.15, 0.2) is 0 Å². The van der Waals surface area contributed by atoms with Gasteiger partial charge in [-0.15, -0.1) is 0 Å². The topological polar surface area (TPSA) is 59.0 Å². The third-order valence-electron chi connectivity index (χ3n) is 2.22. The Balaban J connectivity index is 4.08. The van der Waals surface area contributed by atoms with Gasteiger partial charge in [0.1, 0.15) is 0 Å². The minimum Gasteiger partial charge on any atom is -0.478 e. The Bertz CT molecular complexity index is 220. The highest BCUT2D eigenvalue weighted by Gasteiger charge is 2.04. The summed E-state index contributed by atoms with van der Waals surface area (Å²) >= 11 is 0. The Labute approximate surface area is 96.6 Å². The molecule has 0 heterocycles. The molecule has 5 heteroatoms. The van der Waals surface area contributed by atoms with Gasteiger partial charge in [-0.1, -0.05) is 6.08 Å². The minimum atomic E-state index is -0.876. The molecular weight excluding hydrogens is 210 g/mol. The number of carboxylic acids is 1. The summed E-state index contributed by atoms with van der Waals surface area (Å²) < 4.78 is 9.97. The van der Waals surface area contributed by atoms with Crippen LogP contribution in [-0.2, 0) is 14.3 Å². The monoisotopic (exact) mass is 231 g/mol. The Kier molecular flexibility index (Phi) is 8.80. The van der Waals surface area contributed by atoms with Crippen LogP contribution in [0.2, 0.25) is 0 Å². The van der Waals surface area contributed by atoms with Crippen LogP contribution in [0.15, 0.2) is 11.6 Å². The molecule has 0 aromatic carbocycles. The number of nitrogens with zero attached hydrogens (tertiary/aromatic N) is 1. The first kappa shape index (κ1) is 15.1. The van der Waals surface area contributed by atoms with Crippen molar-refractivity contribution < 1.29 is 19.4 Å². The molecule has 1 N–H and O–H groups in total. The van der Waals surface area contributed by atoms with Crippen LogP contribution in [0.5, 0.6) is 0 Å². The highest BCUT2D eigenvalue weighted by Crippen LogP contribution is 1.96. The van der Waals surface area contributed by atoms with Crippen LogP contribution in [0.25, 0.3) is 0 Å². The molecule has 0 spiro atoms. The molecule has 0 saturated heterocycles. The third kappa shape index (κ3) is 7.39. The van der Waals surface area contributed by atoms with Gasteiger partial charge in [0.05, 0.1) is 13.2 Å². The molecule has 0 saturated carbocycles. The second kappa shape index (κ2) is 9.33. The van der Waals surface area contributed by atoms with Crippen molar-refractivity contribution in [1.82, 2.24) is 4.90 Å². The second-order valence-electron chi connectivity index (χ2n) is 3.48. The molecule has 0 atom stereocenters. The fourth-order valence-electron chi connectivity index (χ4n) is 1.09. The highest BCUT2D eigenvalue weighted by atomic mass is 16.5. The van der Waals surface area contributed by atoms with E-state index in [1.807, 2.05) is 0 Å². The maximum Gasteiger partial charge on any atom is 0.330 e. The minimum absolute atomic E-state index is 0.361. The summed E-state index contributed by atoms with van der Waals surface area (Å²) in [7, 11) is 3.29. The van der Waals surface area contributed by atoms with E-state index >= 15 is 0 Å². The van der Waals surface area contributed by atoms with Crippen molar-refractivity contribution in [2.24, 2.45) is 0 Å². The molecule has 94 valence electrons. The van der Waals surface area contributed by atoms with E-state index in [1.54, 1.807) is 27.2 Å². The van der Waals surface area contributed by atoms with Crippen LogP contribution in [0.1, 0.15) is 6.92 Å². The highest BCUT2D eigenvalue weighted by molar-refractivity contribution is 5.85. The summed E-state index contributed by atoms with van der Waals surface area (Å²) in [5, 5.41) is 8.71. The average Bonchev–Trinajstić information content (AvgIpc) is 2.27. The maximum atomic E-state index is 10.6. The molecule has 0 aliphatic carbocycles. The van der Waals surface area contributed by atoms with Gasteiger partial charge in [0.2, 0.25) is 0 Å². The number of carbonyl (C=O) groups is 1. The standard InChI is InChI=1S/C11H21NO4/c1-10(11(13)14)4-5-12(6-8-15-2)7-9-16-3/h4H,5-9H2,1-3H3,(H,13,14). The fourth-order valence-corrected chi connectivity index (χ4v) is 1.09. The Hall–Kier alpha value is -0.910. The van der Waals surface area contributed by atoms with Crippen molar-refractivity contribution in [2.45, 2.75) is 6.92 Å². The zero-order valence-electron chi connectivity index (χ0n) is 10.2. The van der Waals surface area contributed by atoms with E-state index in [4.69, 9.17) is 14.6 Å². The molecule has 0 amide bonds. The molecule has 0 bridgehead atoms. The zero-order chi connectivity index (χ0) is 12.4. The molecule has 0 aliphatic rings. The lowest BCUT2D eigenvalue weighted by atomic mass is 10.3. The van der Waals surface area contributed by atoms with Gasteiger partial charge in [-0.05, 0) is 6.92 Å². The molecule has 16 heavy (non-hydrogen) atoms. The van der Waals surface area contributed by atoms with Gasteiger partial charge in [-0.2, -0.15) is 0 Å². The molecule has 0 unspecified atom stereocenters. The van der Waals surface area contributed by atoms with Gasteiger partial charge in [0.25, 0.3) is 0 Å². The quantitative estimate of drug-likeness (QED) is 0.589. The smallest absolute Gasteiger partial charge is 0.330 e. The molecule has 5 nitrogen and oxygen atoms in total. The molecule has 0 aromatic heterocycles. The second-order valence-corrected chi connectivity index (χ2v) is 3.48. The summed E-state index contributed by atoms with van der Waals surface area (Å²) in [5.74, 6) is -0.876. The maximum absolute atomic E-state index is 10.6. The summed E-state index contributed by atoms with van der Waals surface area (Å²) in [4.78, 5) is 12.7. The van der Waals surface area contributed by atoms with Crippen molar-refractivity contribution in [2.75, 3.05) is 47.1 Å². The Morgan fingerprint density at radius 1 is 1.25 bits per heavy atom. The predicted octanol–water partition coefficient (Wildman–Crippen LogP) is 0.612. The fraction of sp³-hybridized carbons (Fsp3) is 0.727. The van der Waals surface area contributed by atoms with Gasteiger partial charge in [-0.25, -0.2) is 4.79 Å².